The largest absolute Gasteiger partial charge is 0.363 e. The molecule has 0 unspecified atom stereocenters. The Morgan fingerprint density at radius 1 is 1.08 bits per heavy atom. The van der Waals surface area contributed by atoms with E-state index in [9.17, 15) is 13.2 Å². The molecule has 1 aromatic heterocycles. The van der Waals surface area contributed by atoms with Gasteiger partial charge in [0.2, 0.25) is 15.9 Å². The maximum Gasteiger partial charge on any atom is 0.243 e. The lowest BCUT2D eigenvalue weighted by Crippen LogP contribution is -2.34. The molecule has 0 saturated heterocycles. The minimum atomic E-state index is -3.69. The predicted molar refractivity (Wildman–Crippen MR) is 93.5 cm³/mol. The van der Waals surface area contributed by atoms with Gasteiger partial charge < -0.3 is 10.2 Å². The number of likely N-dealkylation sites (N-methyl/N-ethyl adjacent to an activating group) is 1. The quantitative estimate of drug-likeness (QED) is 0.853. The lowest BCUT2D eigenvalue weighted by molar-refractivity contribution is -0.116. The maximum atomic E-state index is 12.4. The molecular formula is C16H20N4O3S. The van der Waals surface area contributed by atoms with E-state index in [-0.39, 0.29) is 11.4 Å². The Hall–Kier alpha value is -2.45. The summed E-state index contributed by atoms with van der Waals surface area (Å²) in [5.41, 5.74) is 0.510. The molecule has 0 spiro atoms. The fourth-order valence-corrected chi connectivity index (χ4v) is 3.13. The molecule has 0 saturated carbocycles. The first-order chi connectivity index (χ1) is 11.3. The highest BCUT2D eigenvalue weighted by atomic mass is 32.2. The van der Waals surface area contributed by atoms with Gasteiger partial charge in [-0.2, -0.15) is 4.31 Å². The second-order valence-corrected chi connectivity index (χ2v) is 7.47. The number of sulfonamides is 1. The lowest BCUT2D eigenvalue weighted by atomic mass is 10.4. The van der Waals surface area contributed by atoms with Crippen LogP contribution in [0.1, 0.15) is 0 Å². The summed E-state index contributed by atoms with van der Waals surface area (Å²) in [6.45, 7) is -0.285. The maximum absolute atomic E-state index is 12.4. The Bertz CT molecular complexity index is 790. The standard InChI is InChI=1S/C16H20N4O3S/c1-19(2)15-10-9-13(11-17-15)18-16(21)12-20(3)24(22,23)14-7-5-4-6-8-14/h4-11H,12H2,1-3H3,(H,18,21). The number of rotatable bonds is 6. The van der Waals surface area contributed by atoms with Gasteiger partial charge in [-0.1, -0.05) is 18.2 Å². The van der Waals surface area contributed by atoms with Crippen LogP contribution in [0.4, 0.5) is 11.5 Å². The average Bonchev–Trinajstić information content (AvgIpc) is 2.56. The van der Waals surface area contributed by atoms with E-state index in [1.165, 1.54) is 25.4 Å². The Labute approximate surface area is 142 Å². The molecule has 24 heavy (non-hydrogen) atoms. The molecule has 1 amide bonds. The van der Waals surface area contributed by atoms with Crippen molar-refractivity contribution in [1.29, 1.82) is 0 Å². The lowest BCUT2D eigenvalue weighted by Gasteiger charge is -2.17. The molecule has 0 atom stereocenters. The van der Waals surface area contributed by atoms with Crippen molar-refractivity contribution in [2.45, 2.75) is 4.90 Å². The number of hydrogen-bond acceptors (Lipinski definition) is 5. The molecule has 8 heteroatoms. The Kier molecular flexibility index (Phi) is 5.53. The topological polar surface area (TPSA) is 82.6 Å². The predicted octanol–water partition coefficient (Wildman–Crippen LogP) is 1.41. The number of pyridine rings is 1. The van der Waals surface area contributed by atoms with Gasteiger partial charge in [0, 0.05) is 21.1 Å². The van der Waals surface area contributed by atoms with Crippen molar-refractivity contribution in [3.8, 4) is 0 Å². The summed E-state index contributed by atoms with van der Waals surface area (Å²) in [4.78, 5) is 18.2. The second kappa shape index (κ2) is 7.41. The van der Waals surface area contributed by atoms with Crippen LogP contribution in [-0.4, -0.2) is 51.3 Å². The summed E-state index contributed by atoms with van der Waals surface area (Å²) in [6.07, 6.45) is 1.53. The molecule has 0 radical (unpaired) electrons. The van der Waals surface area contributed by atoms with Gasteiger partial charge in [-0.3, -0.25) is 4.79 Å². The molecule has 2 aromatic rings. The third kappa shape index (κ3) is 4.30. The molecule has 0 aliphatic heterocycles. The monoisotopic (exact) mass is 348 g/mol. The van der Waals surface area contributed by atoms with E-state index in [1.54, 1.807) is 30.3 Å². The number of nitrogens with zero attached hydrogens (tertiary/aromatic N) is 3. The van der Waals surface area contributed by atoms with Gasteiger partial charge in [0.15, 0.2) is 0 Å². The van der Waals surface area contributed by atoms with Crippen LogP contribution in [0.25, 0.3) is 0 Å². The molecule has 1 N–H and O–H groups in total. The number of anilines is 2. The molecule has 0 bridgehead atoms. The zero-order valence-electron chi connectivity index (χ0n) is 13.8. The van der Waals surface area contributed by atoms with E-state index >= 15 is 0 Å². The minimum Gasteiger partial charge on any atom is -0.363 e. The fourth-order valence-electron chi connectivity index (χ4n) is 1.98. The summed E-state index contributed by atoms with van der Waals surface area (Å²) in [6, 6.07) is 11.5. The van der Waals surface area contributed by atoms with Crippen LogP contribution < -0.4 is 10.2 Å². The number of benzene rings is 1. The van der Waals surface area contributed by atoms with Gasteiger partial charge in [0.1, 0.15) is 5.82 Å². The van der Waals surface area contributed by atoms with E-state index in [0.717, 1.165) is 10.1 Å². The minimum absolute atomic E-state index is 0.150. The third-order valence-electron chi connectivity index (χ3n) is 3.31. The van der Waals surface area contributed by atoms with Gasteiger partial charge in [-0.15, -0.1) is 0 Å². The molecule has 128 valence electrons. The van der Waals surface area contributed by atoms with Crippen molar-refractivity contribution in [1.82, 2.24) is 9.29 Å². The Morgan fingerprint density at radius 3 is 2.29 bits per heavy atom. The van der Waals surface area contributed by atoms with Crippen LogP contribution >= 0.6 is 0 Å². The number of amides is 1. The number of carbonyl (C=O) groups is 1. The molecule has 0 fully saturated rings. The molecule has 2 rings (SSSR count). The number of carbonyl (C=O) groups excluding carboxylic acids is 1. The first kappa shape index (κ1) is 17.9. The van der Waals surface area contributed by atoms with Crippen molar-refractivity contribution in [2.75, 3.05) is 37.9 Å². The molecule has 0 aliphatic carbocycles. The molecule has 1 heterocycles. The highest BCUT2D eigenvalue weighted by Gasteiger charge is 2.22. The zero-order chi connectivity index (χ0) is 17.7. The molecule has 7 nitrogen and oxygen atoms in total. The van der Waals surface area contributed by atoms with Crippen molar-refractivity contribution in [2.24, 2.45) is 0 Å². The summed E-state index contributed by atoms with van der Waals surface area (Å²) < 4.78 is 25.7. The van der Waals surface area contributed by atoms with Crippen LogP contribution in [-0.2, 0) is 14.8 Å². The highest BCUT2D eigenvalue weighted by molar-refractivity contribution is 7.89. The van der Waals surface area contributed by atoms with Gasteiger partial charge in [-0.25, -0.2) is 13.4 Å². The second-order valence-electron chi connectivity index (χ2n) is 5.42. The van der Waals surface area contributed by atoms with Gasteiger partial charge in [0.05, 0.1) is 23.3 Å². The van der Waals surface area contributed by atoms with Crippen molar-refractivity contribution in [3.05, 3.63) is 48.7 Å². The summed E-state index contributed by atoms with van der Waals surface area (Å²) in [7, 11) is 1.41. The van der Waals surface area contributed by atoms with E-state index in [4.69, 9.17) is 0 Å². The van der Waals surface area contributed by atoms with E-state index in [1.807, 2.05) is 19.0 Å². The van der Waals surface area contributed by atoms with Crippen LogP contribution in [0.15, 0.2) is 53.6 Å². The van der Waals surface area contributed by atoms with Crippen LogP contribution in [0.5, 0.6) is 0 Å². The van der Waals surface area contributed by atoms with Gasteiger partial charge in [0.25, 0.3) is 0 Å². The Balaban J connectivity index is 2.01. The third-order valence-corrected chi connectivity index (χ3v) is 5.13. The number of hydrogen-bond donors (Lipinski definition) is 1. The molecule has 0 aliphatic rings. The fraction of sp³-hybridized carbons (Fsp3) is 0.250. The van der Waals surface area contributed by atoms with Crippen LogP contribution in [0, 0.1) is 0 Å². The zero-order valence-corrected chi connectivity index (χ0v) is 14.6. The van der Waals surface area contributed by atoms with Crippen LogP contribution in [0.2, 0.25) is 0 Å². The van der Waals surface area contributed by atoms with Crippen LogP contribution in [0.3, 0.4) is 0 Å². The van der Waals surface area contributed by atoms with Gasteiger partial charge in [-0.05, 0) is 24.3 Å². The van der Waals surface area contributed by atoms with Crippen molar-refractivity contribution >= 4 is 27.4 Å². The van der Waals surface area contributed by atoms with E-state index in [0.29, 0.717) is 5.69 Å². The van der Waals surface area contributed by atoms with Crippen molar-refractivity contribution in [3.63, 3.8) is 0 Å². The normalized spacial score (nSPS) is 11.3. The number of aromatic nitrogens is 1. The summed E-state index contributed by atoms with van der Waals surface area (Å²) in [5.74, 6) is 0.327. The summed E-state index contributed by atoms with van der Waals surface area (Å²) in [5, 5.41) is 2.64. The Morgan fingerprint density at radius 2 is 1.75 bits per heavy atom. The SMILES string of the molecule is CN(C)c1ccc(NC(=O)CN(C)S(=O)(=O)c2ccccc2)cn1. The van der Waals surface area contributed by atoms with Gasteiger partial charge >= 0.3 is 0 Å². The van der Waals surface area contributed by atoms with E-state index in [2.05, 4.69) is 10.3 Å². The smallest absolute Gasteiger partial charge is 0.243 e. The molecule has 1 aromatic carbocycles. The number of nitrogens with one attached hydrogen (secondary N) is 1. The van der Waals surface area contributed by atoms with Crippen molar-refractivity contribution < 1.29 is 13.2 Å². The highest BCUT2D eigenvalue weighted by Crippen LogP contribution is 2.14. The first-order valence-electron chi connectivity index (χ1n) is 7.25. The molecular weight excluding hydrogens is 328 g/mol. The average molecular weight is 348 g/mol. The summed E-state index contributed by atoms with van der Waals surface area (Å²) >= 11 is 0. The first-order valence-corrected chi connectivity index (χ1v) is 8.69. The van der Waals surface area contributed by atoms with E-state index < -0.39 is 15.9 Å².